The molecule has 0 N–H and O–H groups in total. The molecule has 0 saturated carbocycles. The van der Waals surface area contributed by atoms with Crippen molar-refractivity contribution >= 4 is 0 Å². The molecule has 0 aliphatic heterocycles. The van der Waals surface area contributed by atoms with E-state index in [0.29, 0.717) is 0 Å². The van der Waals surface area contributed by atoms with E-state index in [2.05, 4.69) is 35.9 Å². The van der Waals surface area contributed by atoms with Gasteiger partial charge in [0.05, 0.1) is 6.61 Å². The number of rotatable bonds is 16. The maximum atomic E-state index is 5.88. The molecule has 2 aromatic rings. The summed E-state index contributed by atoms with van der Waals surface area (Å²) in [4.78, 5) is 9.10. The standard InChI is InChI=1S/C26H40N2O/c1-3-5-7-9-10-11-12-14-20-29-25-18-16-24(17-19-25)26-27-21-23(22-28-26)15-13-8-6-4-2/h16-19,21-22H,3-15,20H2,1-2H3. The summed E-state index contributed by atoms with van der Waals surface area (Å²) in [6.07, 6.45) is 20.7. The first kappa shape index (κ1) is 23.4. The monoisotopic (exact) mass is 396 g/mol. The first-order chi connectivity index (χ1) is 14.3. The number of hydrogen-bond donors (Lipinski definition) is 0. The lowest BCUT2D eigenvalue weighted by Gasteiger charge is -2.07. The predicted octanol–water partition coefficient (Wildman–Crippen LogP) is 7.79. The third-order valence-electron chi connectivity index (χ3n) is 5.40. The van der Waals surface area contributed by atoms with Crippen molar-refractivity contribution in [2.24, 2.45) is 0 Å². The van der Waals surface area contributed by atoms with Gasteiger partial charge in [0.15, 0.2) is 5.82 Å². The average molecular weight is 397 g/mol. The van der Waals surface area contributed by atoms with Gasteiger partial charge >= 0.3 is 0 Å². The highest BCUT2D eigenvalue weighted by molar-refractivity contribution is 5.55. The Morgan fingerprint density at radius 1 is 0.655 bits per heavy atom. The summed E-state index contributed by atoms with van der Waals surface area (Å²) in [5.41, 5.74) is 2.28. The largest absolute Gasteiger partial charge is 0.494 e. The first-order valence-electron chi connectivity index (χ1n) is 11.9. The van der Waals surface area contributed by atoms with Gasteiger partial charge in [0, 0.05) is 18.0 Å². The second-order valence-electron chi connectivity index (χ2n) is 8.07. The van der Waals surface area contributed by atoms with Crippen LogP contribution in [0.25, 0.3) is 11.4 Å². The molecule has 0 bridgehead atoms. The molecule has 1 aromatic heterocycles. The van der Waals surface area contributed by atoms with Gasteiger partial charge in [-0.1, -0.05) is 78.1 Å². The molecule has 3 nitrogen and oxygen atoms in total. The molecule has 0 spiro atoms. The van der Waals surface area contributed by atoms with Crippen LogP contribution in [0.3, 0.4) is 0 Å². The minimum Gasteiger partial charge on any atom is -0.494 e. The fraction of sp³-hybridized carbons (Fsp3) is 0.615. The second-order valence-corrected chi connectivity index (χ2v) is 8.07. The van der Waals surface area contributed by atoms with Gasteiger partial charge in [0.25, 0.3) is 0 Å². The fourth-order valence-corrected chi connectivity index (χ4v) is 3.52. The van der Waals surface area contributed by atoms with E-state index in [1.807, 2.05) is 24.5 Å². The number of aryl methyl sites for hydroxylation is 1. The van der Waals surface area contributed by atoms with Crippen molar-refractivity contribution in [1.29, 1.82) is 0 Å². The molecule has 0 saturated heterocycles. The Hall–Kier alpha value is -1.90. The molecule has 0 radical (unpaired) electrons. The van der Waals surface area contributed by atoms with Crippen molar-refractivity contribution in [2.75, 3.05) is 6.61 Å². The number of ether oxygens (including phenoxy) is 1. The fourth-order valence-electron chi connectivity index (χ4n) is 3.52. The highest BCUT2D eigenvalue weighted by Gasteiger charge is 2.03. The van der Waals surface area contributed by atoms with Crippen LogP contribution in [0.5, 0.6) is 5.75 Å². The summed E-state index contributed by atoms with van der Waals surface area (Å²) < 4.78 is 5.88. The minimum absolute atomic E-state index is 0.789. The van der Waals surface area contributed by atoms with Gasteiger partial charge in [-0.25, -0.2) is 9.97 Å². The van der Waals surface area contributed by atoms with Crippen LogP contribution in [0.15, 0.2) is 36.7 Å². The Bertz CT molecular complexity index is 637. The van der Waals surface area contributed by atoms with Crippen LogP contribution < -0.4 is 4.74 Å². The van der Waals surface area contributed by atoms with Gasteiger partial charge in [-0.2, -0.15) is 0 Å². The van der Waals surface area contributed by atoms with Crippen LogP contribution in [0.4, 0.5) is 0 Å². The van der Waals surface area contributed by atoms with Gasteiger partial charge < -0.3 is 4.74 Å². The van der Waals surface area contributed by atoms with Gasteiger partial charge in [-0.15, -0.1) is 0 Å². The van der Waals surface area contributed by atoms with E-state index in [9.17, 15) is 0 Å². The SMILES string of the molecule is CCCCCCCCCCOc1ccc(-c2ncc(CCCCCC)cn2)cc1. The van der Waals surface area contributed by atoms with Crippen LogP contribution >= 0.6 is 0 Å². The summed E-state index contributed by atoms with van der Waals surface area (Å²) >= 11 is 0. The Morgan fingerprint density at radius 3 is 1.83 bits per heavy atom. The Balaban J connectivity index is 1.65. The lowest BCUT2D eigenvalue weighted by atomic mass is 10.1. The molecule has 29 heavy (non-hydrogen) atoms. The molecule has 0 unspecified atom stereocenters. The van der Waals surface area contributed by atoms with Crippen molar-refractivity contribution in [3.8, 4) is 17.1 Å². The molecule has 0 fully saturated rings. The maximum Gasteiger partial charge on any atom is 0.159 e. The van der Waals surface area contributed by atoms with Crippen LogP contribution in [0.2, 0.25) is 0 Å². The van der Waals surface area contributed by atoms with Crippen LogP contribution in [0, 0.1) is 0 Å². The third kappa shape index (κ3) is 9.92. The van der Waals surface area contributed by atoms with E-state index >= 15 is 0 Å². The average Bonchev–Trinajstić information content (AvgIpc) is 2.76. The molecular weight excluding hydrogens is 356 g/mol. The van der Waals surface area contributed by atoms with Gasteiger partial charge in [0.2, 0.25) is 0 Å². The molecule has 0 atom stereocenters. The smallest absolute Gasteiger partial charge is 0.159 e. The molecule has 1 heterocycles. The number of aromatic nitrogens is 2. The van der Waals surface area contributed by atoms with Gasteiger partial charge in [-0.3, -0.25) is 0 Å². The molecule has 2 rings (SSSR count). The second kappa shape index (κ2) is 15.0. The molecule has 0 amide bonds. The number of nitrogens with zero attached hydrogens (tertiary/aromatic N) is 2. The van der Waals surface area contributed by atoms with Crippen LogP contribution in [0.1, 0.15) is 96.5 Å². The molecule has 160 valence electrons. The highest BCUT2D eigenvalue weighted by atomic mass is 16.5. The van der Waals surface area contributed by atoms with Crippen molar-refractivity contribution in [3.05, 3.63) is 42.2 Å². The number of unbranched alkanes of at least 4 members (excludes halogenated alkanes) is 10. The first-order valence-corrected chi connectivity index (χ1v) is 11.9. The normalized spacial score (nSPS) is 11.0. The van der Waals surface area contributed by atoms with E-state index in [1.165, 1.54) is 76.2 Å². The predicted molar refractivity (Wildman–Crippen MR) is 123 cm³/mol. The summed E-state index contributed by atoms with van der Waals surface area (Å²) in [5, 5.41) is 0. The highest BCUT2D eigenvalue weighted by Crippen LogP contribution is 2.20. The van der Waals surface area contributed by atoms with Crippen LogP contribution in [-0.4, -0.2) is 16.6 Å². The lowest BCUT2D eigenvalue weighted by Crippen LogP contribution is -1.97. The quantitative estimate of drug-likeness (QED) is 0.272. The summed E-state index contributed by atoms with van der Waals surface area (Å²) in [5.74, 6) is 1.72. The Morgan fingerprint density at radius 2 is 1.21 bits per heavy atom. The Kier molecular flexibility index (Phi) is 12.1. The van der Waals surface area contributed by atoms with E-state index in [1.54, 1.807) is 0 Å². The summed E-state index contributed by atoms with van der Waals surface area (Å²) in [7, 11) is 0. The van der Waals surface area contributed by atoms with Crippen molar-refractivity contribution in [3.63, 3.8) is 0 Å². The zero-order chi connectivity index (χ0) is 20.6. The molecule has 1 aromatic carbocycles. The molecule has 0 aliphatic rings. The van der Waals surface area contributed by atoms with Crippen LogP contribution in [-0.2, 0) is 6.42 Å². The summed E-state index contributed by atoms with van der Waals surface area (Å²) in [6, 6.07) is 8.17. The topological polar surface area (TPSA) is 35.0 Å². The van der Waals surface area contributed by atoms with Gasteiger partial charge in [-0.05, 0) is 49.1 Å². The third-order valence-corrected chi connectivity index (χ3v) is 5.40. The lowest BCUT2D eigenvalue weighted by molar-refractivity contribution is 0.304. The molecular formula is C26H40N2O. The minimum atomic E-state index is 0.789. The molecule has 0 aliphatic carbocycles. The van der Waals surface area contributed by atoms with Gasteiger partial charge in [0.1, 0.15) is 5.75 Å². The van der Waals surface area contributed by atoms with E-state index in [4.69, 9.17) is 4.74 Å². The number of benzene rings is 1. The van der Waals surface area contributed by atoms with Crippen molar-refractivity contribution in [1.82, 2.24) is 9.97 Å². The zero-order valence-corrected chi connectivity index (χ0v) is 18.7. The number of hydrogen-bond acceptors (Lipinski definition) is 3. The van der Waals surface area contributed by atoms with Crippen molar-refractivity contribution in [2.45, 2.75) is 97.3 Å². The van der Waals surface area contributed by atoms with E-state index < -0.39 is 0 Å². The maximum absolute atomic E-state index is 5.88. The van der Waals surface area contributed by atoms with E-state index in [0.717, 1.165) is 36.6 Å². The summed E-state index contributed by atoms with van der Waals surface area (Å²) in [6.45, 7) is 5.31. The Labute approximate surface area is 178 Å². The van der Waals surface area contributed by atoms with E-state index in [-0.39, 0.29) is 0 Å². The molecule has 3 heteroatoms. The zero-order valence-electron chi connectivity index (χ0n) is 18.7. The van der Waals surface area contributed by atoms with Crippen molar-refractivity contribution < 1.29 is 4.74 Å².